The summed E-state index contributed by atoms with van der Waals surface area (Å²) in [5.41, 5.74) is 3.48. The van der Waals surface area contributed by atoms with Crippen molar-refractivity contribution in [2.24, 2.45) is 0 Å². The molecule has 3 aromatic carbocycles. The van der Waals surface area contributed by atoms with E-state index in [9.17, 15) is 4.79 Å². The molecule has 1 saturated heterocycles. The van der Waals surface area contributed by atoms with E-state index in [1.54, 1.807) is 43.5 Å². The summed E-state index contributed by atoms with van der Waals surface area (Å²) in [6.07, 6.45) is 1.95. The number of methoxy groups -OCH3 is 2. The average Bonchev–Trinajstić information content (AvgIpc) is 3.08. The van der Waals surface area contributed by atoms with Gasteiger partial charge in [0.25, 0.3) is 0 Å². The van der Waals surface area contributed by atoms with Crippen LogP contribution in [0.15, 0.2) is 60.8 Å². The molecule has 1 N–H and O–H groups in total. The van der Waals surface area contributed by atoms with Crippen LogP contribution in [-0.4, -0.2) is 86.0 Å². The molecule has 0 aliphatic carbocycles. The molecule has 1 fully saturated rings. The van der Waals surface area contributed by atoms with Crippen molar-refractivity contribution in [3.05, 3.63) is 83.3 Å². The first-order chi connectivity index (χ1) is 23.7. The van der Waals surface area contributed by atoms with Gasteiger partial charge in [-0.3, -0.25) is 4.90 Å². The molecular formula is C37H45FN6O5. The van der Waals surface area contributed by atoms with Crippen LogP contribution < -0.4 is 29.2 Å². The van der Waals surface area contributed by atoms with Gasteiger partial charge in [0.2, 0.25) is 5.95 Å². The number of piperazine rings is 1. The second-order valence-electron chi connectivity index (χ2n) is 12.0. The monoisotopic (exact) mass is 672 g/mol. The summed E-state index contributed by atoms with van der Waals surface area (Å²) < 4.78 is 37.9. The molecule has 1 amide bonds. The number of hydrogen-bond donors (Lipinski definition) is 1. The number of aryl methyl sites for hydroxylation is 3. The maximum Gasteiger partial charge on any atom is 0.425 e. The third kappa shape index (κ3) is 8.95. The highest BCUT2D eigenvalue weighted by atomic mass is 19.1. The van der Waals surface area contributed by atoms with Gasteiger partial charge in [-0.15, -0.1) is 0 Å². The molecule has 5 rings (SSSR count). The molecule has 0 radical (unpaired) electrons. The number of nitrogens with one attached hydrogen (secondary N) is 1. The summed E-state index contributed by atoms with van der Waals surface area (Å²) >= 11 is 0. The molecule has 1 aliphatic rings. The molecule has 260 valence electrons. The molecule has 2 heterocycles. The Labute approximate surface area is 287 Å². The van der Waals surface area contributed by atoms with Crippen LogP contribution >= 0.6 is 0 Å². The number of anilines is 4. The number of ether oxygens (including phenoxy) is 4. The minimum atomic E-state index is -0.710. The molecule has 4 aromatic rings. The first kappa shape index (κ1) is 35.4. The van der Waals surface area contributed by atoms with E-state index < -0.39 is 11.9 Å². The lowest BCUT2D eigenvalue weighted by atomic mass is 10.1. The molecule has 0 spiro atoms. The number of carbonyl (C=O) groups is 1. The number of nitrogens with zero attached hydrogens (tertiary/aromatic N) is 5. The third-order valence-corrected chi connectivity index (χ3v) is 8.33. The molecule has 0 unspecified atom stereocenters. The number of hydrogen-bond acceptors (Lipinski definition) is 10. The Morgan fingerprint density at radius 1 is 0.898 bits per heavy atom. The van der Waals surface area contributed by atoms with E-state index in [0.29, 0.717) is 35.2 Å². The van der Waals surface area contributed by atoms with Crippen molar-refractivity contribution < 1.29 is 28.1 Å². The number of amides is 1. The van der Waals surface area contributed by atoms with Gasteiger partial charge in [0.05, 0.1) is 19.9 Å². The van der Waals surface area contributed by atoms with Crippen molar-refractivity contribution in [2.45, 2.75) is 34.1 Å². The fourth-order valence-electron chi connectivity index (χ4n) is 5.94. The fraction of sp³-hybridized carbons (Fsp3) is 0.378. The SMILES string of the molecule is CCCN1CCN(CCOc2ccc(Nc3nccc(N(C(=O)Oc4c(C)cc(C)cc4C)c4ccc(OC)cc4OC)n3)cc2F)CC1. The number of benzene rings is 3. The second-order valence-corrected chi connectivity index (χ2v) is 12.0. The highest BCUT2D eigenvalue weighted by molar-refractivity contribution is 5.98. The Hall–Kier alpha value is -4.94. The zero-order valence-corrected chi connectivity index (χ0v) is 29.1. The Bertz CT molecular complexity index is 1720. The number of halogens is 1. The first-order valence-electron chi connectivity index (χ1n) is 16.5. The molecular weight excluding hydrogens is 627 g/mol. The van der Waals surface area contributed by atoms with Gasteiger partial charge < -0.3 is 29.2 Å². The van der Waals surface area contributed by atoms with Crippen LogP contribution in [0.5, 0.6) is 23.0 Å². The fourth-order valence-corrected chi connectivity index (χ4v) is 5.94. The van der Waals surface area contributed by atoms with Crippen molar-refractivity contribution >= 4 is 29.2 Å². The van der Waals surface area contributed by atoms with Crippen LogP contribution in [0.3, 0.4) is 0 Å². The summed E-state index contributed by atoms with van der Waals surface area (Å²) in [7, 11) is 3.04. The van der Waals surface area contributed by atoms with Crippen LogP contribution in [0.25, 0.3) is 0 Å². The summed E-state index contributed by atoms with van der Waals surface area (Å²) in [6, 6.07) is 15.1. The average molecular weight is 673 g/mol. The van der Waals surface area contributed by atoms with E-state index in [4.69, 9.17) is 18.9 Å². The number of rotatable bonds is 13. The van der Waals surface area contributed by atoms with E-state index in [1.165, 1.54) is 24.3 Å². The van der Waals surface area contributed by atoms with Crippen LogP contribution in [0.2, 0.25) is 0 Å². The predicted octanol–water partition coefficient (Wildman–Crippen LogP) is 7.05. The van der Waals surface area contributed by atoms with Crippen LogP contribution in [-0.2, 0) is 0 Å². The predicted molar refractivity (Wildman–Crippen MR) is 189 cm³/mol. The lowest BCUT2D eigenvalue weighted by Crippen LogP contribution is -2.47. The highest BCUT2D eigenvalue weighted by Gasteiger charge is 2.27. The molecule has 12 heteroatoms. The quantitative estimate of drug-likeness (QED) is 0.159. The van der Waals surface area contributed by atoms with Gasteiger partial charge in [0.1, 0.15) is 29.7 Å². The smallest absolute Gasteiger partial charge is 0.425 e. The summed E-state index contributed by atoms with van der Waals surface area (Å²) in [5, 5.41) is 3.04. The maximum absolute atomic E-state index is 15.1. The zero-order valence-electron chi connectivity index (χ0n) is 29.1. The lowest BCUT2D eigenvalue weighted by Gasteiger charge is -2.34. The van der Waals surface area contributed by atoms with Gasteiger partial charge in [-0.2, -0.15) is 4.98 Å². The van der Waals surface area contributed by atoms with E-state index >= 15 is 4.39 Å². The molecule has 1 aromatic heterocycles. The topological polar surface area (TPSA) is 102 Å². The molecule has 49 heavy (non-hydrogen) atoms. The van der Waals surface area contributed by atoms with Gasteiger partial charge >= 0.3 is 6.09 Å². The number of aromatic nitrogens is 2. The van der Waals surface area contributed by atoms with Crippen LogP contribution in [0, 0.1) is 26.6 Å². The largest absolute Gasteiger partial charge is 0.497 e. The van der Waals surface area contributed by atoms with Gasteiger partial charge in [0, 0.05) is 62.8 Å². The van der Waals surface area contributed by atoms with E-state index in [0.717, 1.165) is 62.4 Å². The maximum atomic E-state index is 15.1. The van der Waals surface area contributed by atoms with E-state index in [-0.39, 0.29) is 17.5 Å². The molecule has 0 atom stereocenters. The van der Waals surface area contributed by atoms with Crippen LogP contribution in [0.1, 0.15) is 30.0 Å². The van der Waals surface area contributed by atoms with Gasteiger partial charge in [-0.25, -0.2) is 19.1 Å². The van der Waals surface area contributed by atoms with Crippen molar-refractivity contribution in [1.29, 1.82) is 0 Å². The van der Waals surface area contributed by atoms with E-state index in [1.807, 2.05) is 32.9 Å². The number of carbonyl (C=O) groups excluding carboxylic acids is 1. The van der Waals surface area contributed by atoms with Crippen molar-refractivity contribution in [3.8, 4) is 23.0 Å². The molecule has 11 nitrogen and oxygen atoms in total. The van der Waals surface area contributed by atoms with Crippen LogP contribution in [0.4, 0.5) is 32.3 Å². The Morgan fingerprint density at radius 3 is 2.27 bits per heavy atom. The Balaban J connectivity index is 1.33. The van der Waals surface area contributed by atoms with Gasteiger partial charge in [-0.1, -0.05) is 24.6 Å². The minimum Gasteiger partial charge on any atom is -0.497 e. The molecule has 0 saturated carbocycles. The van der Waals surface area contributed by atoms with Crippen molar-refractivity contribution in [1.82, 2.24) is 19.8 Å². The van der Waals surface area contributed by atoms with E-state index in [2.05, 4.69) is 32.0 Å². The van der Waals surface area contributed by atoms with Crippen molar-refractivity contribution in [2.75, 3.05) is 70.3 Å². The summed E-state index contributed by atoms with van der Waals surface area (Å²) in [6.45, 7) is 14.3. The third-order valence-electron chi connectivity index (χ3n) is 8.33. The summed E-state index contributed by atoms with van der Waals surface area (Å²) in [5.74, 6) is 1.36. The Morgan fingerprint density at radius 2 is 1.61 bits per heavy atom. The van der Waals surface area contributed by atoms with Gasteiger partial charge in [-0.05, 0) is 69.1 Å². The van der Waals surface area contributed by atoms with Crippen molar-refractivity contribution in [3.63, 3.8) is 0 Å². The standard InChI is InChI=1S/C37H45FN6O5/c1-7-14-42-15-17-43(18-16-42)19-20-48-32-11-8-28(23-30(32)38)40-36-39-13-12-34(41-36)44(31-10-9-29(46-5)24-33(31)47-6)37(45)49-35-26(3)21-25(2)22-27(35)4/h8-13,21-24H,7,14-20H2,1-6H3,(H,39,40,41). The highest BCUT2D eigenvalue weighted by Crippen LogP contribution is 2.37. The normalized spacial score (nSPS) is 13.5. The zero-order chi connectivity index (χ0) is 34.9. The molecule has 0 bridgehead atoms. The first-order valence-corrected chi connectivity index (χ1v) is 16.5. The lowest BCUT2D eigenvalue weighted by molar-refractivity contribution is 0.116. The summed E-state index contributed by atoms with van der Waals surface area (Å²) in [4.78, 5) is 29.0. The second kappa shape index (κ2) is 16.4. The Kier molecular flexibility index (Phi) is 11.9. The molecule has 1 aliphatic heterocycles. The minimum absolute atomic E-state index is 0.140. The van der Waals surface area contributed by atoms with Gasteiger partial charge in [0.15, 0.2) is 11.6 Å².